The van der Waals surface area contributed by atoms with Gasteiger partial charge in [0.1, 0.15) is 29.3 Å². The Bertz CT molecular complexity index is 1340. The van der Waals surface area contributed by atoms with Crippen LogP contribution in [-0.4, -0.2) is 39.9 Å². The highest BCUT2D eigenvalue weighted by atomic mass is 31.2. The molecule has 8 heteroatoms. The normalized spacial score (nSPS) is 12.8. The van der Waals surface area contributed by atoms with Crippen molar-refractivity contribution in [3.8, 4) is 0 Å². The van der Waals surface area contributed by atoms with Gasteiger partial charge in [0.25, 0.3) is 5.69 Å². The Kier molecular flexibility index (Phi) is 12.6. The first-order chi connectivity index (χ1) is 21.5. The number of non-ortho nitro benzene ring substituents is 1. The van der Waals surface area contributed by atoms with Gasteiger partial charge in [-0.15, -0.1) is 0 Å². The van der Waals surface area contributed by atoms with Crippen molar-refractivity contribution in [2.45, 2.75) is 57.1 Å². The van der Waals surface area contributed by atoms with E-state index >= 15 is 0 Å². The number of carbonyl (C=O) groups excluding carboxylic acids is 1. The van der Waals surface area contributed by atoms with E-state index in [1.165, 1.54) is 40.2 Å². The lowest BCUT2D eigenvalue weighted by Gasteiger charge is -2.27. The minimum Gasteiger partial charge on any atom is -0.394 e. The maximum atomic E-state index is 12.5. The first kappa shape index (κ1) is 33.0. The zero-order valence-electron chi connectivity index (χ0n) is 25.0. The van der Waals surface area contributed by atoms with Gasteiger partial charge in [0, 0.05) is 18.6 Å². The third kappa shape index (κ3) is 8.60. The quantitative estimate of drug-likeness (QED) is 0.0601. The summed E-state index contributed by atoms with van der Waals surface area (Å²) >= 11 is 0. The molecule has 0 radical (unpaired) electrons. The van der Waals surface area contributed by atoms with Crippen molar-refractivity contribution in [1.82, 2.24) is 5.32 Å². The Morgan fingerprint density at radius 1 is 0.705 bits per heavy atom. The fourth-order valence-corrected chi connectivity index (χ4v) is 10.2. The molecule has 1 amide bonds. The van der Waals surface area contributed by atoms with Gasteiger partial charge in [-0.25, -0.2) is 0 Å². The molecule has 2 atom stereocenters. The molecular weight excluding hydrogens is 571 g/mol. The minimum absolute atomic E-state index is 0.0879. The molecule has 0 bridgehead atoms. The van der Waals surface area contributed by atoms with Gasteiger partial charge in [0.05, 0.1) is 23.7 Å². The van der Waals surface area contributed by atoms with E-state index in [0.717, 1.165) is 44.7 Å². The molecule has 0 aromatic heterocycles. The van der Waals surface area contributed by atoms with Crippen molar-refractivity contribution < 1.29 is 19.9 Å². The molecule has 44 heavy (non-hydrogen) atoms. The van der Waals surface area contributed by atoms with Crippen LogP contribution >= 0.6 is 7.26 Å². The van der Waals surface area contributed by atoms with Crippen LogP contribution < -0.4 is 21.2 Å². The summed E-state index contributed by atoms with van der Waals surface area (Å²) in [6.45, 7) is -0.441. The van der Waals surface area contributed by atoms with Crippen LogP contribution in [-0.2, 0) is 4.79 Å². The van der Waals surface area contributed by atoms with Crippen LogP contribution in [0.5, 0.6) is 0 Å². The number of aliphatic hydroxyl groups excluding tert-OH is 2. The van der Waals surface area contributed by atoms with Crippen LogP contribution in [0.25, 0.3) is 0 Å². The minimum atomic E-state index is -1.81. The predicted molar refractivity (Wildman–Crippen MR) is 179 cm³/mol. The first-order valence-corrected chi connectivity index (χ1v) is 17.3. The van der Waals surface area contributed by atoms with E-state index in [2.05, 4.69) is 96.3 Å². The molecule has 0 saturated heterocycles. The zero-order valence-corrected chi connectivity index (χ0v) is 25.9. The van der Waals surface area contributed by atoms with E-state index in [1.807, 2.05) is 0 Å². The number of nitro benzene ring substituents is 1. The van der Waals surface area contributed by atoms with Gasteiger partial charge in [-0.05, 0) is 73.4 Å². The van der Waals surface area contributed by atoms with Gasteiger partial charge >= 0.3 is 0 Å². The van der Waals surface area contributed by atoms with E-state index in [-0.39, 0.29) is 11.6 Å². The molecule has 0 aliphatic carbocycles. The Balaban J connectivity index is 1.25. The maximum absolute atomic E-state index is 12.5. The summed E-state index contributed by atoms with van der Waals surface area (Å²) in [5, 5.41) is 38.1. The molecule has 4 rings (SSSR count). The number of unbranched alkanes of at least 4 members (excludes halogenated alkanes) is 5. The number of nitrogens with one attached hydrogen (secondary N) is 1. The standard InChI is InChI=1S/C36H41N2O5P/c39-28-34(36(41)29-23-25-30(26-24-29)38(42)43)37-35(40)22-14-3-1-2-4-15-27-44(31-16-8-5-9-17-31,32-18-10-6-11-19-32)33-20-12-7-13-21-33/h5-13,16-21,23-26,34,36,39,41H,1-4,14-15,22,27-28H2/p+1/t34-,36-/m1/s1. The number of amides is 1. The Morgan fingerprint density at radius 3 is 1.61 bits per heavy atom. The number of benzene rings is 4. The zero-order chi connectivity index (χ0) is 31.2. The van der Waals surface area contributed by atoms with Gasteiger partial charge in [0.2, 0.25) is 5.91 Å². The number of carbonyl (C=O) groups is 1. The molecule has 7 nitrogen and oxygen atoms in total. The van der Waals surface area contributed by atoms with Gasteiger partial charge in [-0.2, -0.15) is 0 Å². The topological polar surface area (TPSA) is 113 Å². The van der Waals surface area contributed by atoms with Crippen molar-refractivity contribution in [3.05, 3.63) is 131 Å². The highest BCUT2D eigenvalue weighted by Crippen LogP contribution is 2.56. The van der Waals surface area contributed by atoms with Crippen LogP contribution in [0.15, 0.2) is 115 Å². The van der Waals surface area contributed by atoms with Gasteiger partial charge in [0.15, 0.2) is 0 Å². The van der Waals surface area contributed by atoms with Crippen molar-refractivity contribution in [2.24, 2.45) is 0 Å². The Morgan fingerprint density at radius 2 is 1.16 bits per heavy atom. The second kappa shape index (κ2) is 16.8. The fourth-order valence-electron chi connectivity index (χ4n) is 5.75. The van der Waals surface area contributed by atoms with E-state index in [4.69, 9.17) is 0 Å². The van der Waals surface area contributed by atoms with Gasteiger partial charge < -0.3 is 15.5 Å². The smallest absolute Gasteiger partial charge is 0.269 e. The third-order valence-electron chi connectivity index (χ3n) is 8.11. The summed E-state index contributed by atoms with van der Waals surface area (Å²) in [6.07, 6.45) is 6.28. The molecule has 0 fully saturated rings. The van der Waals surface area contributed by atoms with Gasteiger partial charge in [-0.1, -0.05) is 73.9 Å². The molecule has 3 N–H and O–H groups in total. The second-order valence-corrected chi connectivity index (χ2v) is 14.7. The number of aliphatic hydroxyl groups is 2. The number of rotatable bonds is 17. The van der Waals surface area contributed by atoms with Crippen LogP contribution in [0.4, 0.5) is 5.69 Å². The first-order valence-electron chi connectivity index (χ1n) is 15.3. The molecular formula is C36H42N2O5P+. The van der Waals surface area contributed by atoms with E-state index in [1.54, 1.807) is 0 Å². The van der Waals surface area contributed by atoms with Gasteiger partial charge in [-0.3, -0.25) is 14.9 Å². The monoisotopic (exact) mass is 613 g/mol. The molecule has 0 spiro atoms. The second-order valence-electron chi connectivity index (χ2n) is 11.1. The Hall–Kier alpha value is -3.90. The number of nitro groups is 1. The summed E-state index contributed by atoms with van der Waals surface area (Å²) < 4.78 is 0. The molecule has 0 heterocycles. The Labute approximate surface area is 260 Å². The summed E-state index contributed by atoms with van der Waals surface area (Å²) in [5.74, 6) is -0.229. The number of hydrogen-bond acceptors (Lipinski definition) is 5. The highest BCUT2D eigenvalue weighted by Gasteiger charge is 2.44. The molecule has 4 aromatic carbocycles. The molecule has 0 saturated carbocycles. The summed E-state index contributed by atoms with van der Waals surface area (Å²) in [6, 6.07) is 37.4. The lowest BCUT2D eigenvalue weighted by atomic mass is 10.0. The lowest BCUT2D eigenvalue weighted by molar-refractivity contribution is -0.384. The van der Waals surface area contributed by atoms with Crippen LogP contribution in [0, 0.1) is 10.1 Å². The van der Waals surface area contributed by atoms with E-state index < -0.39 is 30.9 Å². The summed E-state index contributed by atoms with van der Waals surface area (Å²) in [4.78, 5) is 22.9. The van der Waals surface area contributed by atoms with Crippen molar-refractivity contribution in [2.75, 3.05) is 12.8 Å². The number of hydrogen-bond donors (Lipinski definition) is 3. The maximum Gasteiger partial charge on any atom is 0.269 e. The molecule has 0 aliphatic rings. The van der Waals surface area contributed by atoms with Crippen molar-refractivity contribution in [1.29, 1.82) is 0 Å². The average Bonchev–Trinajstić information content (AvgIpc) is 3.07. The number of nitrogens with zero attached hydrogens (tertiary/aromatic N) is 1. The van der Waals surface area contributed by atoms with E-state index in [9.17, 15) is 25.1 Å². The van der Waals surface area contributed by atoms with Crippen LogP contribution in [0.2, 0.25) is 0 Å². The van der Waals surface area contributed by atoms with Crippen LogP contribution in [0.1, 0.15) is 56.6 Å². The van der Waals surface area contributed by atoms with E-state index in [0.29, 0.717) is 12.0 Å². The fraction of sp³-hybridized carbons (Fsp3) is 0.306. The predicted octanol–water partition coefficient (Wildman–Crippen LogP) is 5.83. The average molecular weight is 614 g/mol. The summed E-state index contributed by atoms with van der Waals surface area (Å²) in [7, 11) is -1.81. The van der Waals surface area contributed by atoms with Crippen LogP contribution in [0.3, 0.4) is 0 Å². The van der Waals surface area contributed by atoms with Crippen molar-refractivity contribution in [3.63, 3.8) is 0 Å². The molecule has 230 valence electrons. The van der Waals surface area contributed by atoms with Crippen molar-refractivity contribution >= 4 is 34.8 Å². The molecule has 0 unspecified atom stereocenters. The highest BCUT2D eigenvalue weighted by molar-refractivity contribution is 7.95. The molecule has 0 aliphatic heterocycles. The SMILES string of the molecule is O=C(CCCCCCCC[P+](c1ccccc1)(c1ccccc1)c1ccccc1)N[C@H](CO)[C@H](O)c1ccc([N+](=O)[O-])cc1. The molecule has 4 aromatic rings. The summed E-state index contributed by atoms with van der Waals surface area (Å²) in [5.41, 5.74) is 0.309. The third-order valence-corrected chi connectivity index (χ3v) is 12.6. The largest absolute Gasteiger partial charge is 0.394 e. The lowest BCUT2D eigenvalue weighted by Crippen LogP contribution is -2.41.